The number of hydrogen-bond acceptors (Lipinski definition) is 3. The molecule has 1 N–H and O–H groups in total. The van der Waals surface area contributed by atoms with Gasteiger partial charge in [0.15, 0.2) is 5.65 Å². The second kappa shape index (κ2) is 4.55. The first-order valence-electron chi connectivity index (χ1n) is 5.59. The molecule has 0 radical (unpaired) electrons. The van der Waals surface area contributed by atoms with Gasteiger partial charge in [-0.2, -0.15) is 0 Å². The van der Waals surface area contributed by atoms with E-state index in [-0.39, 0.29) is 0 Å². The van der Waals surface area contributed by atoms with E-state index in [1.165, 1.54) is 12.3 Å². The van der Waals surface area contributed by atoms with E-state index in [0.29, 0.717) is 21.9 Å². The summed E-state index contributed by atoms with van der Waals surface area (Å²) in [6.07, 6.45) is 3.15. The highest BCUT2D eigenvalue weighted by molar-refractivity contribution is 7.84. The topological polar surface area (TPSA) is 58.6 Å². The predicted molar refractivity (Wildman–Crippen MR) is 71.6 cm³/mol. The Labute approximate surface area is 111 Å². The lowest BCUT2D eigenvalue weighted by Crippen LogP contribution is -1.92. The van der Waals surface area contributed by atoms with Gasteiger partial charge in [0.05, 0.1) is 11.1 Å². The van der Waals surface area contributed by atoms with Gasteiger partial charge in [0.2, 0.25) is 0 Å². The highest BCUT2D eigenvalue weighted by Crippen LogP contribution is 2.23. The number of rotatable bonds is 2. The van der Waals surface area contributed by atoms with Crippen molar-refractivity contribution in [3.8, 4) is 11.4 Å². The highest BCUT2D eigenvalue weighted by Gasteiger charge is 2.12. The van der Waals surface area contributed by atoms with Gasteiger partial charge >= 0.3 is 0 Å². The van der Waals surface area contributed by atoms with Crippen LogP contribution in [0, 0.1) is 5.82 Å². The standard InChI is InChI=1S/C13H10FN3OS/c1-19(18)8-4-5-9(10(14)7-8)12-16-11-3-2-6-15-13(11)17-12/h2-7H,1H3,(H,15,16,17). The summed E-state index contributed by atoms with van der Waals surface area (Å²) < 4.78 is 25.3. The molecule has 0 aliphatic rings. The van der Waals surface area contributed by atoms with Crippen LogP contribution >= 0.6 is 0 Å². The first-order chi connectivity index (χ1) is 9.15. The Kier molecular flexibility index (Phi) is 2.87. The molecule has 0 amide bonds. The largest absolute Gasteiger partial charge is 0.336 e. The van der Waals surface area contributed by atoms with Crippen LogP contribution in [0.25, 0.3) is 22.6 Å². The van der Waals surface area contributed by atoms with Crippen molar-refractivity contribution in [2.75, 3.05) is 6.26 Å². The third kappa shape index (κ3) is 2.15. The summed E-state index contributed by atoms with van der Waals surface area (Å²) in [6, 6.07) is 8.08. The van der Waals surface area contributed by atoms with Crippen LogP contribution < -0.4 is 0 Å². The zero-order chi connectivity index (χ0) is 13.4. The Balaban J connectivity index is 2.13. The fourth-order valence-corrected chi connectivity index (χ4v) is 2.37. The van der Waals surface area contributed by atoms with Crippen LogP contribution in [0.2, 0.25) is 0 Å². The molecular formula is C13H10FN3OS. The van der Waals surface area contributed by atoms with Gasteiger partial charge in [0.25, 0.3) is 0 Å². The minimum absolute atomic E-state index is 0.340. The first kappa shape index (κ1) is 12.0. The summed E-state index contributed by atoms with van der Waals surface area (Å²) in [6.45, 7) is 0. The molecule has 0 saturated carbocycles. The van der Waals surface area contributed by atoms with Gasteiger partial charge < -0.3 is 4.98 Å². The molecule has 6 heteroatoms. The number of H-pyrrole nitrogens is 1. The number of aromatic nitrogens is 3. The van der Waals surface area contributed by atoms with Crippen molar-refractivity contribution >= 4 is 22.0 Å². The maximum atomic E-state index is 14.0. The lowest BCUT2D eigenvalue weighted by molar-refractivity contribution is 0.625. The number of pyridine rings is 1. The summed E-state index contributed by atoms with van der Waals surface area (Å²) in [7, 11) is -1.20. The fourth-order valence-electron chi connectivity index (χ4n) is 1.84. The second-order valence-corrected chi connectivity index (χ2v) is 5.44. The summed E-state index contributed by atoms with van der Waals surface area (Å²) in [5, 5.41) is 0. The SMILES string of the molecule is CS(=O)c1ccc(-c2nc3ncccc3[nH]2)c(F)c1. The molecule has 0 aliphatic heterocycles. The molecule has 4 nitrogen and oxygen atoms in total. The van der Waals surface area contributed by atoms with E-state index in [1.807, 2.05) is 6.07 Å². The molecule has 0 bridgehead atoms. The molecule has 1 atom stereocenters. The molecule has 96 valence electrons. The quantitative estimate of drug-likeness (QED) is 0.781. The molecule has 3 rings (SSSR count). The highest BCUT2D eigenvalue weighted by atomic mass is 32.2. The van der Waals surface area contributed by atoms with Crippen molar-refractivity contribution < 1.29 is 8.60 Å². The average Bonchev–Trinajstić information content (AvgIpc) is 2.81. The van der Waals surface area contributed by atoms with Crippen LogP contribution in [0.15, 0.2) is 41.4 Å². The number of imidazole rings is 1. The van der Waals surface area contributed by atoms with Crippen LogP contribution in [0.4, 0.5) is 4.39 Å². The Morgan fingerprint density at radius 1 is 1.32 bits per heavy atom. The molecule has 19 heavy (non-hydrogen) atoms. The van der Waals surface area contributed by atoms with E-state index in [0.717, 1.165) is 5.52 Å². The van der Waals surface area contributed by atoms with E-state index in [4.69, 9.17) is 0 Å². The molecule has 1 unspecified atom stereocenters. The molecule has 0 aliphatic carbocycles. The van der Waals surface area contributed by atoms with Gasteiger partial charge in [-0.25, -0.2) is 14.4 Å². The van der Waals surface area contributed by atoms with Gasteiger partial charge in [-0.15, -0.1) is 0 Å². The number of aromatic amines is 1. The summed E-state index contributed by atoms with van der Waals surface area (Å²) >= 11 is 0. The van der Waals surface area contributed by atoms with Crippen molar-refractivity contribution in [1.82, 2.24) is 15.0 Å². The monoisotopic (exact) mass is 275 g/mol. The third-order valence-corrected chi connectivity index (χ3v) is 3.70. The zero-order valence-electron chi connectivity index (χ0n) is 10.1. The first-order valence-corrected chi connectivity index (χ1v) is 7.15. The predicted octanol–water partition coefficient (Wildman–Crippen LogP) is 2.50. The number of benzene rings is 1. The van der Waals surface area contributed by atoms with Crippen molar-refractivity contribution in [3.05, 3.63) is 42.3 Å². The summed E-state index contributed by atoms with van der Waals surface area (Å²) in [5.41, 5.74) is 1.63. The van der Waals surface area contributed by atoms with Gasteiger partial charge in [-0.1, -0.05) is 0 Å². The lowest BCUT2D eigenvalue weighted by atomic mass is 10.2. The molecule has 1 aromatic carbocycles. The van der Waals surface area contributed by atoms with Crippen molar-refractivity contribution in [1.29, 1.82) is 0 Å². The van der Waals surface area contributed by atoms with Crippen LogP contribution in [0.3, 0.4) is 0 Å². The van der Waals surface area contributed by atoms with E-state index in [9.17, 15) is 8.60 Å². The van der Waals surface area contributed by atoms with Crippen molar-refractivity contribution in [3.63, 3.8) is 0 Å². The van der Waals surface area contributed by atoms with E-state index in [1.54, 1.807) is 24.4 Å². The van der Waals surface area contributed by atoms with Gasteiger partial charge in [-0.05, 0) is 30.3 Å². The number of hydrogen-bond donors (Lipinski definition) is 1. The maximum Gasteiger partial charge on any atom is 0.178 e. The minimum Gasteiger partial charge on any atom is -0.336 e. The smallest absolute Gasteiger partial charge is 0.178 e. The van der Waals surface area contributed by atoms with Gasteiger partial charge in [0.1, 0.15) is 11.6 Å². The van der Waals surface area contributed by atoms with Crippen LogP contribution in [-0.4, -0.2) is 25.4 Å². The van der Waals surface area contributed by atoms with Gasteiger partial charge in [-0.3, -0.25) is 4.21 Å². The molecule has 3 aromatic rings. The normalized spacial score (nSPS) is 12.7. The second-order valence-electron chi connectivity index (χ2n) is 4.06. The van der Waals surface area contributed by atoms with Crippen LogP contribution in [0.5, 0.6) is 0 Å². The third-order valence-electron chi connectivity index (χ3n) is 2.79. The Bertz CT molecular complexity index is 751. The molecule has 0 saturated heterocycles. The molecule has 0 fully saturated rings. The Morgan fingerprint density at radius 3 is 2.84 bits per heavy atom. The summed E-state index contributed by atoms with van der Waals surface area (Å²) in [5.74, 6) is -0.0357. The minimum atomic E-state index is -1.20. The van der Waals surface area contributed by atoms with E-state index >= 15 is 0 Å². The number of fused-ring (bicyclic) bond motifs is 1. The molecule has 0 spiro atoms. The number of nitrogens with one attached hydrogen (secondary N) is 1. The fraction of sp³-hybridized carbons (Fsp3) is 0.0769. The van der Waals surface area contributed by atoms with Gasteiger partial charge in [0, 0.05) is 28.1 Å². The van der Waals surface area contributed by atoms with Crippen molar-refractivity contribution in [2.24, 2.45) is 0 Å². The van der Waals surface area contributed by atoms with E-state index in [2.05, 4.69) is 15.0 Å². The summed E-state index contributed by atoms with van der Waals surface area (Å²) in [4.78, 5) is 11.8. The number of halogens is 1. The average molecular weight is 275 g/mol. The number of nitrogens with zero attached hydrogens (tertiary/aromatic N) is 2. The van der Waals surface area contributed by atoms with Crippen LogP contribution in [-0.2, 0) is 10.8 Å². The van der Waals surface area contributed by atoms with Crippen LogP contribution in [0.1, 0.15) is 0 Å². The van der Waals surface area contributed by atoms with Crippen molar-refractivity contribution in [2.45, 2.75) is 4.90 Å². The zero-order valence-corrected chi connectivity index (χ0v) is 10.9. The molecular weight excluding hydrogens is 265 g/mol. The molecule has 2 heterocycles. The Morgan fingerprint density at radius 2 is 2.16 bits per heavy atom. The molecule has 2 aromatic heterocycles. The Hall–Kier alpha value is -2.08. The lowest BCUT2D eigenvalue weighted by Gasteiger charge is -2.01. The van der Waals surface area contributed by atoms with E-state index < -0.39 is 16.6 Å². The maximum absolute atomic E-state index is 14.0.